The van der Waals surface area contributed by atoms with E-state index in [1.807, 2.05) is 13.0 Å². The number of fused-ring (bicyclic) bond motifs is 1. The number of rotatable bonds is 1. The minimum atomic E-state index is 0.344. The first-order chi connectivity index (χ1) is 7.24. The van der Waals surface area contributed by atoms with Crippen LogP contribution in [0.15, 0.2) is 10.5 Å². The van der Waals surface area contributed by atoms with Crippen LogP contribution in [0.1, 0.15) is 11.1 Å². The summed E-state index contributed by atoms with van der Waals surface area (Å²) >= 11 is 3.45. The number of hydrogen-bond acceptors (Lipinski definition) is 3. The van der Waals surface area contributed by atoms with Crippen LogP contribution in [-0.2, 0) is 6.42 Å². The molecule has 0 aromatic heterocycles. The third-order valence-corrected chi connectivity index (χ3v) is 3.23. The van der Waals surface area contributed by atoms with Crippen LogP contribution in [0.2, 0.25) is 0 Å². The van der Waals surface area contributed by atoms with E-state index in [1.54, 1.807) is 0 Å². The molecule has 1 aromatic carbocycles. The van der Waals surface area contributed by atoms with Crippen LogP contribution in [0.4, 0.5) is 0 Å². The molecule has 3 nitrogen and oxygen atoms in total. The Kier molecular flexibility index (Phi) is 2.83. The zero-order valence-corrected chi connectivity index (χ0v) is 9.93. The van der Waals surface area contributed by atoms with Gasteiger partial charge >= 0.3 is 0 Å². The fourth-order valence-corrected chi connectivity index (χ4v) is 2.05. The number of benzene rings is 1. The molecule has 0 bridgehead atoms. The van der Waals surface area contributed by atoms with E-state index in [2.05, 4.69) is 22.0 Å². The smallest absolute Gasteiger partial charge is 0.165 e. The lowest BCUT2D eigenvalue weighted by Gasteiger charge is -2.22. The molecule has 1 aliphatic rings. The number of hydrogen-bond donors (Lipinski definition) is 0. The molecule has 0 saturated carbocycles. The molecule has 0 spiro atoms. The van der Waals surface area contributed by atoms with Gasteiger partial charge in [0.25, 0.3) is 0 Å². The summed E-state index contributed by atoms with van der Waals surface area (Å²) in [6, 6.07) is 4.04. The Labute approximate surface area is 96.7 Å². The average Bonchev–Trinajstić information content (AvgIpc) is 2.25. The van der Waals surface area contributed by atoms with Crippen molar-refractivity contribution in [2.24, 2.45) is 0 Å². The van der Waals surface area contributed by atoms with Gasteiger partial charge < -0.3 is 9.47 Å². The summed E-state index contributed by atoms with van der Waals surface area (Å²) in [4.78, 5) is 0. The lowest BCUT2D eigenvalue weighted by Crippen LogP contribution is -2.17. The van der Waals surface area contributed by atoms with E-state index in [4.69, 9.17) is 14.7 Å². The molecule has 4 heteroatoms. The molecule has 0 unspecified atom stereocenters. The molecule has 1 aromatic rings. The van der Waals surface area contributed by atoms with E-state index < -0.39 is 0 Å². The second kappa shape index (κ2) is 4.11. The first-order valence-electron chi connectivity index (χ1n) is 4.68. The maximum atomic E-state index is 8.77. The average molecular weight is 268 g/mol. The zero-order chi connectivity index (χ0) is 10.8. The molecule has 0 radical (unpaired) electrons. The predicted octanol–water partition coefficient (Wildman–Crippen LogP) is 2.59. The predicted molar refractivity (Wildman–Crippen MR) is 59.2 cm³/mol. The lowest BCUT2D eigenvalue weighted by atomic mass is 10.0. The van der Waals surface area contributed by atoms with Gasteiger partial charge in [0, 0.05) is 10.0 Å². The fraction of sp³-hybridized carbons (Fsp3) is 0.364. The lowest BCUT2D eigenvalue weighted by molar-refractivity contribution is 0.170. The molecular weight excluding hydrogens is 258 g/mol. The monoisotopic (exact) mass is 267 g/mol. The Balaban J connectivity index is 2.58. The number of nitriles is 1. The Bertz CT molecular complexity index is 437. The topological polar surface area (TPSA) is 42.2 Å². The van der Waals surface area contributed by atoms with Gasteiger partial charge in [-0.1, -0.05) is 15.9 Å². The van der Waals surface area contributed by atoms with Crippen molar-refractivity contribution in [1.29, 1.82) is 5.26 Å². The summed E-state index contributed by atoms with van der Waals surface area (Å²) < 4.78 is 12.0. The summed E-state index contributed by atoms with van der Waals surface area (Å²) in [6.07, 6.45) is 0.344. The molecule has 1 heterocycles. The second-order valence-electron chi connectivity index (χ2n) is 3.32. The largest absolute Gasteiger partial charge is 0.486 e. The maximum absolute atomic E-state index is 8.77. The quantitative estimate of drug-likeness (QED) is 0.786. The highest BCUT2D eigenvalue weighted by atomic mass is 79.9. The third-order valence-electron chi connectivity index (χ3n) is 2.41. The molecule has 2 rings (SSSR count). The standard InChI is InChI=1S/C11H10BrNO2/c1-7-8(2-3-13)11-10(6-9(7)12)14-4-5-15-11/h6H,2,4-5H2,1H3. The van der Waals surface area contributed by atoms with Gasteiger partial charge in [-0.3, -0.25) is 0 Å². The first kappa shape index (κ1) is 10.3. The summed E-state index contributed by atoms with van der Waals surface area (Å²) in [7, 11) is 0. The van der Waals surface area contributed by atoms with Crippen molar-refractivity contribution in [3.8, 4) is 17.6 Å². The first-order valence-corrected chi connectivity index (χ1v) is 5.48. The number of nitrogens with zero attached hydrogens (tertiary/aromatic N) is 1. The third kappa shape index (κ3) is 1.80. The van der Waals surface area contributed by atoms with Crippen LogP contribution < -0.4 is 9.47 Å². The van der Waals surface area contributed by atoms with E-state index in [1.165, 1.54) is 0 Å². The highest BCUT2D eigenvalue weighted by Gasteiger charge is 2.19. The van der Waals surface area contributed by atoms with Crippen molar-refractivity contribution in [3.05, 3.63) is 21.7 Å². The highest BCUT2D eigenvalue weighted by molar-refractivity contribution is 9.10. The van der Waals surface area contributed by atoms with E-state index >= 15 is 0 Å². The van der Waals surface area contributed by atoms with Crippen molar-refractivity contribution in [2.45, 2.75) is 13.3 Å². The fourth-order valence-electron chi connectivity index (χ4n) is 1.60. The van der Waals surface area contributed by atoms with Crippen LogP contribution in [0.25, 0.3) is 0 Å². The van der Waals surface area contributed by atoms with Gasteiger partial charge in [0.05, 0.1) is 12.5 Å². The van der Waals surface area contributed by atoms with Gasteiger partial charge in [0.15, 0.2) is 11.5 Å². The molecule has 0 saturated heterocycles. The van der Waals surface area contributed by atoms with Crippen LogP contribution in [-0.4, -0.2) is 13.2 Å². The summed E-state index contributed by atoms with van der Waals surface area (Å²) in [5, 5.41) is 8.77. The molecule has 0 N–H and O–H groups in total. The Morgan fingerprint density at radius 2 is 2.20 bits per heavy atom. The summed E-state index contributed by atoms with van der Waals surface area (Å²) in [5.41, 5.74) is 1.96. The summed E-state index contributed by atoms with van der Waals surface area (Å²) in [5.74, 6) is 1.45. The van der Waals surface area contributed by atoms with Gasteiger partial charge in [-0.25, -0.2) is 0 Å². The van der Waals surface area contributed by atoms with Crippen LogP contribution in [0, 0.1) is 18.3 Å². The minimum Gasteiger partial charge on any atom is -0.486 e. The van der Waals surface area contributed by atoms with Crippen molar-refractivity contribution >= 4 is 15.9 Å². The van der Waals surface area contributed by atoms with Crippen LogP contribution in [0.5, 0.6) is 11.5 Å². The molecule has 0 aliphatic carbocycles. The van der Waals surface area contributed by atoms with Gasteiger partial charge in [-0.05, 0) is 18.6 Å². The molecule has 78 valence electrons. The van der Waals surface area contributed by atoms with Crippen molar-refractivity contribution in [3.63, 3.8) is 0 Å². The van der Waals surface area contributed by atoms with E-state index in [0.717, 1.165) is 27.1 Å². The van der Waals surface area contributed by atoms with Gasteiger partial charge in [0.1, 0.15) is 13.2 Å². The minimum absolute atomic E-state index is 0.344. The molecule has 15 heavy (non-hydrogen) atoms. The van der Waals surface area contributed by atoms with Crippen molar-refractivity contribution in [1.82, 2.24) is 0 Å². The Morgan fingerprint density at radius 3 is 2.93 bits per heavy atom. The van der Waals surface area contributed by atoms with Crippen LogP contribution >= 0.6 is 15.9 Å². The van der Waals surface area contributed by atoms with Gasteiger partial charge in [-0.2, -0.15) is 5.26 Å². The van der Waals surface area contributed by atoms with Crippen molar-refractivity contribution in [2.75, 3.05) is 13.2 Å². The molecular formula is C11H10BrNO2. The van der Waals surface area contributed by atoms with Gasteiger partial charge in [-0.15, -0.1) is 0 Å². The Hall–Kier alpha value is -1.21. The molecule has 0 amide bonds. The highest BCUT2D eigenvalue weighted by Crippen LogP contribution is 2.39. The van der Waals surface area contributed by atoms with E-state index in [-0.39, 0.29) is 0 Å². The number of halogens is 1. The van der Waals surface area contributed by atoms with Gasteiger partial charge in [0.2, 0.25) is 0 Å². The molecule has 0 atom stereocenters. The second-order valence-corrected chi connectivity index (χ2v) is 4.18. The normalized spacial score (nSPS) is 13.4. The number of ether oxygens (including phenoxy) is 2. The van der Waals surface area contributed by atoms with E-state index in [0.29, 0.717) is 19.6 Å². The Morgan fingerprint density at radius 1 is 1.47 bits per heavy atom. The zero-order valence-electron chi connectivity index (χ0n) is 8.34. The SMILES string of the molecule is Cc1c(Br)cc2c(c1CC#N)OCCO2. The molecule has 1 aliphatic heterocycles. The maximum Gasteiger partial charge on any atom is 0.165 e. The van der Waals surface area contributed by atoms with Crippen molar-refractivity contribution < 1.29 is 9.47 Å². The van der Waals surface area contributed by atoms with Crippen LogP contribution in [0.3, 0.4) is 0 Å². The molecule has 0 fully saturated rings. The van der Waals surface area contributed by atoms with E-state index in [9.17, 15) is 0 Å². The summed E-state index contributed by atoms with van der Waals surface area (Å²) in [6.45, 7) is 3.08.